The van der Waals surface area contributed by atoms with E-state index in [2.05, 4.69) is 0 Å². The van der Waals surface area contributed by atoms with Crippen molar-refractivity contribution >= 4 is 5.91 Å². The van der Waals surface area contributed by atoms with Crippen molar-refractivity contribution in [1.82, 2.24) is 0 Å². The second-order valence-corrected chi connectivity index (χ2v) is 2.14. The largest absolute Gasteiger partial charge is 0.370 e. The summed E-state index contributed by atoms with van der Waals surface area (Å²) in [5, 5.41) is 8.15. The summed E-state index contributed by atoms with van der Waals surface area (Å²) in [4.78, 5) is 10.2. The van der Waals surface area contributed by atoms with Crippen LogP contribution in [-0.2, 0) is 4.79 Å². The molecular weight excluding hydrogens is 116 g/mol. The maximum Gasteiger partial charge on any atom is 0.217 e. The van der Waals surface area contributed by atoms with E-state index in [1.165, 1.54) is 0 Å². The molecule has 0 saturated carbocycles. The Morgan fingerprint density at radius 3 is 2.78 bits per heavy atom. The van der Waals surface area contributed by atoms with Crippen LogP contribution in [0.2, 0.25) is 0 Å². The molecule has 0 aromatic carbocycles. The third-order valence-corrected chi connectivity index (χ3v) is 0.989. The van der Waals surface area contributed by atoms with Crippen molar-refractivity contribution < 1.29 is 4.79 Å². The second kappa shape index (κ2) is 3.90. The summed E-state index contributed by atoms with van der Waals surface area (Å²) in [6.07, 6.45) is 0.719. The van der Waals surface area contributed by atoms with Crippen LogP contribution in [0.25, 0.3) is 0 Å². The summed E-state index contributed by atoms with van der Waals surface area (Å²) < 4.78 is 0. The number of hydrogen-bond donors (Lipinski definition) is 1. The van der Waals surface area contributed by atoms with E-state index in [9.17, 15) is 4.79 Å². The molecule has 2 N–H and O–H groups in total. The fourth-order valence-corrected chi connectivity index (χ4v) is 0.571. The standard InChI is InChI=1S/C6H10N2O/c1-5(2-3-7)4-6(8)9/h5H,2,4H2,1H3,(H2,8,9)/t5-/m1/s1. The highest BCUT2D eigenvalue weighted by Gasteiger charge is 2.03. The van der Waals surface area contributed by atoms with Gasteiger partial charge in [-0.2, -0.15) is 5.26 Å². The molecule has 0 aromatic heterocycles. The van der Waals surface area contributed by atoms with Crippen LogP contribution in [0, 0.1) is 17.2 Å². The van der Waals surface area contributed by atoms with Gasteiger partial charge in [-0.1, -0.05) is 6.92 Å². The van der Waals surface area contributed by atoms with Gasteiger partial charge in [-0.05, 0) is 5.92 Å². The van der Waals surface area contributed by atoms with Crippen LogP contribution in [0.3, 0.4) is 0 Å². The van der Waals surface area contributed by atoms with Crippen molar-refractivity contribution in [1.29, 1.82) is 5.26 Å². The molecule has 0 spiro atoms. The Bertz CT molecular complexity index is 136. The number of rotatable bonds is 3. The van der Waals surface area contributed by atoms with Gasteiger partial charge in [0.15, 0.2) is 0 Å². The van der Waals surface area contributed by atoms with Gasteiger partial charge in [-0.15, -0.1) is 0 Å². The van der Waals surface area contributed by atoms with Crippen molar-refractivity contribution in [2.75, 3.05) is 0 Å². The summed E-state index contributed by atoms with van der Waals surface area (Å²) in [6, 6.07) is 1.97. The number of hydrogen-bond acceptors (Lipinski definition) is 2. The molecular formula is C6H10N2O. The molecule has 0 aliphatic carbocycles. The molecule has 0 bridgehead atoms. The molecule has 50 valence electrons. The van der Waals surface area contributed by atoms with E-state index in [1.54, 1.807) is 0 Å². The van der Waals surface area contributed by atoms with Gasteiger partial charge < -0.3 is 5.73 Å². The maximum absolute atomic E-state index is 10.2. The van der Waals surface area contributed by atoms with Crippen molar-refractivity contribution in [3.05, 3.63) is 0 Å². The summed E-state index contributed by atoms with van der Waals surface area (Å²) in [5.41, 5.74) is 4.88. The summed E-state index contributed by atoms with van der Waals surface area (Å²) in [6.45, 7) is 1.83. The molecule has 0 unspecified atom stereocenters. The molecule has 0 saturated heterocycles. The zero-order chi connectivity index (χ0) is 7.28. The molecule has 0 fully saturated rings. The van der Waals surface area contributed by atoms with Crippen LogP contribution < -0.4 is 5.73 Å². The number of nitrogens with two attached hydrogens (primary N) is 1. The zero-order valence-electron chi connectivity index (χ0n) is 5.42. The van der Waals surface area contributed by atoms with Crippen molar-refractivity contribution in [2.24, 2.45) is 11.7 Å². The quantitative estimate of drug-likeness (QED) is 0.595. The summed E-state index contributed by atoms with van der Waals surface area (Å²) in [7, 11) is 0. The Hall–Kier alpha value is -1.04. The summed E-state index contributed by atoms with van der Waals surface area (Å²) in [5.74, 6) is -0.231. The number of primary amides is 1. The summed E-state index contributed by atoms with van der Waals surface area (Å²) >= 11 is 0. The van der Waals surface area contributed by atoms with Gasteiger partial charge in [0.05, 0.1) is 6.07 Å². The van der Waals surface area contributed by atoms with Gasteiger partial charge in [-0.3, -0.25) is 4.79 Å². The predicted molar refractivity (Wildman–Crippen MR) is 33.2 cm³/mol. The van der Waals surface area contributed by atoms with Gasteiger partial charge >= 0.3 is 0 Å². The SMILES string of the molecule is C[C@H](CC#N)CC(N)=O. The number of nitriles is 1. The molecule has 0 aliphatic heterocycles. The Morgan fingerprint density at radius 2 is 2.44 bits per heavy atom. The van der Waals surface area contributed by atoms with Gasteiger partial charge in [0, 0.05) is 12.8 Å². The highest BCUT2D eigenvalue weighted by molar-refractivity contribution is 5.73. The average molecular weight is 126 g/mol. The van der Waals surface area contributed by atoms with E-state index in [4.69, 9.17) is 11.0 Å². The van der Waals surface area contributed by atoms with Gasteiger partial charge in [0.25, 0.3) is 0 Å². The highest BCUT2D eigenvalue weighted by Crippen LogP contribution is 2.03. The van der Waals surface area contributed by atoms with E-state index < -0.39 is 0 Å². The molecule has 3 nitrogen and oxygen atoms in total. The Balaban J connectivity index is 3.40. The lowest BCUT2D eigenvalue weighted by Gasteiger charge is -2.00. The van der Waals surface area contributed by atoms with Crippen molar-refractivity contribution in [3.63, 3.8) is 0 Å². The minimum atomic E-state index is -0.335. The lowest BCUT2D eigenvalue weighted by molar-refractivity contribution is -0.118. The van der Waals surface area contributed by atoms with Crippen LogP contribution in [0.5, 0.6) is 0 Å². The topological polar surface area (TPSA) is 66.9 Å². The first-order valence-electron chi connectivity index (χ1n) is 2.82. The van der Waals surface area contributed by atoms with Crippen LogP contribution in [0.4, 0.5) is 0 Å². The monoisotopic (exact) mass is 126 g/mol. The first-order chi connectivity index (χ1) is 4.16. The maximum atomic E-state index is 10.2. The molecule has 1 amide bonds. The molecule has 1 atom stereocenters. The average Bonchev–Trinajstić information content (AvgIpc) is 1.63. The molecule has 0 heterocycles. The van der Waals surface area contributed by atoms with Gasteiger partial charge in [-0.25, -0.2) is 0 Å². The molecule has 0 radical (unpaired) electrons. The smallest absolute Gasteiger partial charge is 0.217 e. The number of amides is 1. The Labute approximate surface area is 54.5 Å². The number of carbonyl (C=O) groups excluding carboxylic acids is 1. The van der Waals surface area contributed by atoms with Gasteiger partial charge in [0.1, 0.15) is 0 Å². The first-order valence-corrected chi connectivity index (χ1v) is 2.82. The van der Waals surface area contributed by atoms with Gasteiger partial charge in [0.2, 0.25) is 5.91 Å². The van der Waals surface area contributed by atoms with E-state index in [0.717, 1.165) is 0 Å². The molecule has 0 aromatic rings. The van der Waals surface area contributed by atoms with E-state index in [1.807, 2.05) is 13.0 Å². The molecule has 0 aliphatic rings. The minimum absolute atomic E-state index is 0.104. The molecule has 3 heteroatoms. The van der Waals surface area contributed by atoms with Crippen molar-refractivity contribution in [2.45, 2.75) is 19.8 Å². The third-order valence-electron chi connectivity index (χ3n) is 0.989. The molecule has 0 rings (SSSR count). The highest BCUT2D eigenvalue weighted by atomic mass is 16.1. The van der Waals surface area contributed by atoms with Crippen LogP contribution in [0.15, 0.2) is 0 Å². The lowest BCUT2D eigenvalue weighted by Crippen LogP contribution is -2.14. The van der Waals surface area contributed by atoms with E-state index in [-0.39, 0.29) is 11.8 Å². The molecule has 9 heavy (non-hydrogen) atoms. The van der Waals surface area contributed by atoms with Crippen LogP contribution >= 0.6 is 0 Å². The fourth-order valence-electron chi connectivity index (χ4n) is 0.571. The fraction of sp³-hybridized carbons (Fsp3) is 0.667. The van der Waals surface area contributed by atoms with E-state index in [0.29, 0.717) is 12.8 Å². The van der Waals surface area contributed by atoms with E-state index >= 15 is 0 Å². The third kappa shape index (κ3) is 4.82. The first kappa shape index (κ1) is 7.96. The minimum Gasteiger partial charge on any atom is -0.370 e. The predicted octanol–water partition coefficient (Wildman–Crippen LogP) is 0.412. The second-order valence-electron chi connectivity index (χ2n) is 2.14. The lowest BCUT2D eigenvalue weighted by atomic mass is 10.1. The number of nitrogens with zero attached hydrogens (tertiary/aromatic N) is 1. The Morgan fingerprint density at radius 1 is 1.89 bits per heavy atom. The normalized spacial score (nSPS) is 12.0. The Kier molecular flexibility index (Phi) is 3.45. The number of carbonyl (C=O) groups is 1. The van der Waals surface area contributed by atoms with Crippen LogP contribution in [-0.4, -0.2) is 5.91 Å². The van der Waals surface area contributed by atoms with Crippen LogP contribution in [0.1, 0.15) is 19.8 Å². The van der Waals surface area contributed by atoms with Crippen molar-refractivity contribution in [3.8, 4) is 6.07 Å². The zero-order valence-corrected chi connectivity index (χ0v) is 5.42.